The molecule has 0 amide bonds. The van der Waals surface area contributed by atoms with Gasteiger partial charge in [-0.1, -0.05) is 30.3 Å². The lowest BCUT2D eigenvalue weighted by Gasteiger charge is -2.39. The molecule has 1 aromatic carbocycles. The Labute approximate surface area is 121 Å². The van der Waals surface area contributed by atoms with Crippen molar-refractivity contribution in [1.29, 1.82) is 5.26 Å². The Morgan fingerprint density at radius 1 is 1.25 bits per heavy atom. The van der Waals surface area contributed by atoms with Gasteiger partial charge in [0.05, 0.1) is 12.5 Å². The highest BCUT2D eigenvalue weighted by Gasteiger charge is 2.36. The van der Waals surface area contributed by atoms with E-state index in [-0.39, 0.29) is 6.04 Å². The maximum Gasteiger partial charge on any atom is 0.0641 e. The third kappa shape index (κ3) is 2.72. The number of nitriles is 1. The quantitative estimate of drug-likeness (QED) is 0.913. The number of rotatable bonds is 4. The van der Waals surface area contributed by atoms with Crippen molar-refractivity contribution in [3.63, 3.8) is 0 Å². The number of fused-ring (bicyclic) bond motifs is 2. The molecule has 2 bridgehead atoms. The molecule has 20 heavy (non-hydrogen) atoms. The van der Waals surface area contributed by atoms with E-state index in [4.69, 9.17) is 0 Å². The van der Waals surface area contributed by atoms with Crippen LogP contribution in [-0.4, -0.2) is 30.1 Å². The van der Waals surface area contributed by atoms with E-state index in [2.05, 4.69) is 47.6 Å². The van der Waals surface area contributed by atoms with E-state index in [1.165, 1.54) is 31.2 Å². The standard InChI is InChI=1S/C17H23N3/c1-20(16-11-14-7-8-15(12-16)19-14)17(9-10-18)13-5-3-2-4-6-13/h2-6,14-17,19H,7-9,11-12H2,1H3. The Hall–Kier alpha value is -1.37. The van der Waals surface area contributed by atoms with Crippen LogP contribution in [0.15, 0.2) is 30.3 Å². The van der Waals surface area contributed by atoms with Crippen LogP contribution in [0.4, 0.5) is 0 Å². The Kier molecular flexibility index (Phi) is 4.05. The third-order valence-corrected chi connectivity index (χ3v) is 4.98. The molecule has 2 fully saturated rings. The summed E-state index contributed by atoms with van der Waals surface area (Å²) < 4.78 is 0. The molecular weight excluding hydrogens is 246 g/mol. The molecule has 106 valence electrons. The molecule has 0 radical (unpaired) electrons. The summed E-state index contributed by atoms with van der Waals surface area (Å²) in [5.41, 5.74) is 1.27. The van der Waals surface area contributed by atoms with E-state index >= 15 is 0 Å². The van der Waals surface area contributed by atoms with E-state index in [9.17, 15) is 5.26 Å². The first-order valence-corrected chi connectivity index (χ1v) is 7.68. The van der Waals surface area contributed by atoms with Gasteiger partial charge in [0, 0.05) is 24.2 Å². The average molecular weight is 269 g/mol. The van der Waals surface area contributed by atoms with E-state index in [1.54, 1.807) is 0 Å². The van der Waals surface area contributed by atoms with Crippen LogP contribution in [0.3, 0.4) is 0 Å². The van der Waals surface area contributed by atoms with Gasteiger partial charge in [0.25, 0.3) is 0 Å². The average Bonchev–Trinajstić information content (AvgIpc) is 2.83. The second-order valence-corrected chi connectivity index (χ2v) is 6.22. The van der Waals surface area contributed by atoms with Crippen LogP contribution in [0.25, 0.3) is 0 Å². The van der Waals surface area contributed by atoms with Crippen LogP contribution in [0.1, 0.15) is 43.7 Å². The lowest BCUT2D eigenvalue weighted by atomic mass is 9.94. The predicted octanol–water partition coefficient (Wildman–Crippen LogP) is 2.86. The minimum atomic E-state index is 0.226. The smallest absolute Gasteiger partial charge is 0.0641 e. The zero-order chi connectivity index (χ0) is 13.9. The Morgan fingerprint density at radius 3 is 2.50 bits per heavy atom. The van der Waals surface area contributed by atoms with E-state index in [0.29, 0.717) is 24.5 Å². The fraction of sp³-hybridized carbons (Fsp3) is 0.588. The second-order valence-electron chi connectivity index (χ2n) is 6.22. The number of piperidine rings is 1. The molecule has 3 rings (SSSR count). The van der Waals surface area contributed by atoms with Crippen molar-refractivity contribution in [3.05, 3.63) is 35.9 Å². The summed E-state index contributed by atoms with van der Waals surface area (Å²) in [7, 11) is 2.20. The molecule has 3 atom stereocenters. The van der Waals surface area contributed by atoms with Crippen molar-refractivity contribution in [2.75, 3.05) is 7.05 Å². The molecule has 2 aliphatic rings. The lowest BCUT2D eigenvalue weighted by Crippen LogP contribution is -2.47. The first kappa shape index (κ1) is 13.6. The normalized spacial score (nSPS) is 30.1. The summed E-state index contributed by atoms with van der Waals surface area (Å²) in [6.45, 7) is 0. The van der Waals surface area contributed by atoms with E-state index in [1.807, 2.05) is 6.07 Å². The first-order valence-electron chi connectivity index (χ1n) is 7.68. The molecule has 0 spiro atoms. The highest BCUT2D eigenvalue weighted by Crippen LogP contribution is 2.34. The van der Waals surface area contributed by atoms with Gasteiger partial charge in [-0.15, -0.1) is 0 Å². The van der Waals surface area contributed by atoms with Crippen LogP contribution in [-0.2, 0) is 0 Å². The summed E-state index contributed by atoms with van der Waals surface area (Å²) >= 11 is 0. The SMILES string of the molecule is CN(C1CC2CCC(C1)N2)C(CC#N)c1ccccc1. The highest BCUT2D eigenvalue weighted by atomic mass is 15.2. The van der Waals surface area contributed by atoms with Crippen LogP contribution >= 0.6 is 0 Å². The lowest BCUT2D eigenvalue weighted by molar-refractivity contribution is 0.125. The van der Waals surface area contributed by atoms with Crippen LogP contribution in [0, 0.1) is 11.3 Å². The molecule has 3 nitrogen and oxygen atoms in total. The topological polar surface area (TPSA) is 39.1 Å². The Bertz CT molecular complexity index is 467. The van der Waals surface area contributed by atoms with Crippen LogP contribution < -0.4 is 5.32 Å². The highest BCUT2D eigenvalue weighted by molar-refractivity contribution is 5.20. The Balaban J connectivity index is 1.76. The van der Waals surface area contributed by atoms with Crippen molar-refractivity contribution < 1.29 is 0 Å². The largest absolute Gasteiger partial charge is 0.311 e. The molecule has 0 aromatic heterocycles. The molecular formula is C17H23N3. The van der Waals surface area contributed by atoms with Crippen molar-refractivity contribution in [2.45, 2.75) is 56.3 Å². The zero-order valence-electron chi connectivity index (χ0n) is 12.1. The monoisotopic (exact) mass is 269 g/mol. The molecule has 1 N–H and O–H groups in total. The maximum atomic E-state index is 9.17. The molecule has 2 saturated heterocycles. The number of benzene rings is 1. The third-order valence-electron chi connectivity index (χ3n) is 4.98. The van der Waals surface area contributed by atoms with Gasteiger partial charge in [0.15, 0.2) is 0 Å². The fourth-order valence-corrected chi connectivity index (χ4v) is 3.87. The number of hydrogen-bond donors (Lipinski definition) is 1. The van der Waals surface area contributed by atoms with Crippen molar-refractivity contribution in [2.24, 2.45) is 0 Å². The molecule has 0 saturated carbocycles. The summed E-state index contributed by atoms with van der Waals surface area (Å²) in [5, 5.41) is 12.9. The predicted molar refractivity (Wildman–Crippen MR) is 80.1 cm³/mol. The van der Waals surface area contributed by atoms with Gasteiger partial charge in [-0.2, -0.15) is 5.26 Å². The molecule has 2 heterocycles. The molecule has 3 heteroatoms. The zero-order valence-corrected chi connectivity index (χ0v) is 12.1. The fourth-order valence-electron chi connectivity index (χ4n) is 3.87. The minimum Gasteiger partial charge on any atom is -0.311 e. The summed E-state index contributed by atoms with van der Waals surface area (Å²) in [5.74, 6) is 0. The summed E-state index contributed by atoms with van der Waals surface area (Å²) in [6, 6.07) is 15.1. The molecule has 3 unspecified atom stereocenters. The van der Waals surface area contributed by atoms with Crippen molar-refractivity contribution in [3.8, 4) is 6.07 Å². The summed E-state index contributed by atoms with van der Waals surface area (Å²) in [6.07, 6.45) is 5.66. The van der Waals surface area contributed by atoms with E-state index in [0.717, 1.165) is 0 Å². The van der Waals surface area contributed by atoms with Gasteiger partial charge >= 0.3 is 0 Å². The second kappa shape index (κ2) is 5.95. The van der Waals surface area contributed by atoms with Gasteiger partial charge in [-0.25, -0.2) is 0 Å². The van der Waals surface area contributed by atoms with Gasteiger partial charge < -0.3 is 5.32 Å². The van der Waals surface area contributed by atoms with Crippen molar-refractivity contribution >= 4 is 0 Å². The number of nitrogens with one attached hydrogen (secondary N) is 1. The maximum absolute atomic E-state index is 9.17. The van der Waals surface area contributed by atoms with Crippen LogP contribution in [0.5, 0.6) is 0 Å². The van der Waals surface area contributed by atoms with Gasteiger partial charge in [-0.3, -0.25) is 4.90 Å². The molecule has 0 aliphatic carbocycles. The number of hydrogen-bond acceptors (Lipinski definition) is 3. The number of nitrogens with zero attached hydrogens (tertiary/aromatic N) is 2. The summed E-state index contributed by atoms with van der Waals surface area (Å²) in [4.78, 5) is 2.45. The van der Waals surface area contributed by atoms with Gasteiger partial charge in [0.2, 0.25) is 0 Å². The van der Waals surface area contributed by atoms with Gasteiger partial charge in [0.1, 0.15) is 0 Å². The van der Waals surface area contributed by atoms with Gasteiger partial charge in [-0.05, 0) is 38.3 Å². The molecule has 1 aromatic rings. The van der Waals surface area contributed by atoms with Crippen LogP contribution in [0.2, 0.25) is 0 Å². The first-order chi connectivity index (χ1) is 9.78. The van der Waals surface area contributed by atoms with E-state index < -0.39 is 0 Å². The molecule has 2 aliphatic heterocycles. The van der Waals surface area contributed by atoms with Crippen molar-refractivity contribution in [1.82, 2.24) is 10.2 Å². The Morgan fingerprint density at radius 2 is 1.90 bits per heavy atom. The minimum absolute atomic E-state index is 0.226.